The summed E-state index contributed by atoms with van der Waals surface area (Å²) in [7, 11) is 3.45. The maximum absolute atomic E-state index is 12.0. The first kappa shape index (κ1) is 12.6. The van der Waals surface area contributed by atoms with Crippen LogP contribution in [0.5, 0.6) is 0 Å². The number of hydrogen-bond acceptors (Lipinski definition) is 2. The van der Waals surface area contributed by atoms with Gasteiger partial charge < -0.3 is 9.80 Å². The first-order chi connectivity index (χ1) is 8.49. The maximum atomic E-state index is 12.0. The predicted octanol–water partition coefficient (Wildman–Crippen LogP) is 1.44. The Balaban J connectivity index is 2.15. The highest BCUT2D eigenvalue weighted by Crippen LogP contribution is 2.26. The number of carbonyl (C=O) groups is 2. The third-order valence-corrected chi connectivity index (χ3v) is 3.26. The molecule has 0 N–H and O–H groups in total. The summed E-state index contributed by atoms with van der Waals surface area (Å²) in [6, 6.07) is 7.80. The second-order valence-corrected chi connectivity index (χ2v) is 4.97. The highest BCUT2D eigenvalue weighted by Gasteiger charge is 2.35. The molecule has 0 radical (unpaired) electrons. The van der Waals surface area contributed by atoms with Gasteiger partial charge in [0.1, 0.15) is 0 Å². The number of nitrogens with zero attached hydrogens (tertiary/aromatic N) is 2. The fourth-order valence-corrected chi connectivity index (χ4v) is 2.21. The molecule has 18 heavy (non-hydrogen) atoms. The van der Waals surface area contributed by atoms with E-state index < -0.39 is 0 Å². The summed E-state index contributed by atoms with van der Waals surface area (Å²) in [6.07, 6.45) is 0.310. The van der Waals surface area contributed by atoms with Crippen molar-refractivity contribution in [3.05, 3.63) is 29.8 Å². The zero-order valence-corrected chi connectivity index (χ0v) is 11.0. The SMILES string of the molecule is Cc1ccc(N2C[C@@H](C(=O)N(C)C)CC2=O)cc1. The Morgan fingerprint density at radius 2 is 1.89 bits per heavy atom. The van der Waals surface area contributed by atoms with E-state index in [1.807, 2.05) is 31.2 Å². The standard InChI is InChI=1S/C14H18N2O2/c1-10-4-6-12(7-5-10)16-9-11(8-13(16)17)14(18)15(2)3/h4-7,11H,8-9H2,1-3H3/t11-/m0/s1. The molecule has 0 bridgehead atoms. The van der Waals surface area contributed by atoms with Gasteiger partial charge in [-0.1, -0.05) is 17.7 Å². The minimum Gasteiger partial charge on any atom is -0.349 e. The van der Waals surface area contributed by atoms with E-state index in [0.29, 0.717) is 13.0 Å². The number of hydrogen-bond donors (Lipinski definition) is 0. The number of carbonyl (C=O) groups excluding carboxylic acids is 2. The molecule has 1 aromatic carbocycles. The average Bonchev–Trinajstić information content (AvgIpc) is 2.71. The van der Waals surface area contributed by atoms with Gasteiger partial charge in [0.25, 0.3) is 0 Å². The van der Waals surface area contributed by atoms with Crippen molar-refractivity contribution in [1.82, 2.24) is 4.90 Å². The van der Waals surface area contributed by atoms with Crippen LogP contribution in [0.2, 0.25) is 0 Å². The number of aryl methyl sites for hydroxylation is 1. The summed E-state index contributed by atoms with van der Waals surface area (Å²) in [5, 5.41) is 0. The molecule has 1 heterocycles. The minimum atomic E-state index is -0.214. The molecule has 4 heteroatoms. The predicted molar refractivity (Wildman–Crippen MR) is 70.3 cm³/mol. The van der Waals surface area contributed by atoms with Crippen molar-refractivity contribution in [3.63, 3.8) is 0 Å². The fraction of sp³-hybridized carbons (Fsp3) is 0.429. The van der Waals surface area contributed by atoms with Gasteiger partial charge in [0, 0.05) is 32.7 Å². The fourth-order valence-electron chi connectivity index (χ4n) is 2.21. The van der Waals surface area contributed by atoms with Crippen LogP contribution in [0.4, 0.5) is 5.69 Å². The van der Waals surface area contributed by atoms with Crippen LogP contribution in [0.25, 0.3) is 0 Å². The van der Waals surface area contributed by atoms with E-state index >= 15 is 0 Å². The van der Waals surface area contributed by atoms with Crippen LogP contribution >= 0.6 is 0 Å². The number of benzene rings is 1. The third kappa shape index (κ3) is 2.37. The van der Waals surface area contributed by atoms with Crippen molar-refractivity contribution in [2.24, 2.45) is 5.92 Å². The van der Waals surface area contributed by atoms with E-state index in [9.17, 15) is 9.59 Å². The molecular weight excluding hydrogens is 228 g/mol. The number of rotatable bonds is 2. The highest BCUT2D eigenvalue weighted by atomic mass is 16.2. The molecule has 1 saturated heterocycles. The van der Waals surface area contributed by atoms with Crippen LogP contribution < -0.4 is 4.90 Å². The summed E-state index contributed by atoms with van der Waals surface area (Å²) in [5.74, 6) is -0.161. The molecule has 96 valence electrons. The third-order valence-electron chi connectivity index (χ3n) is 3.26. The van der Waals surface area contributed by atoms with Crippen molar-refractivity contribution in [1.29, 1.82) is 0 Å². The molecule has 0 aromatic heterocycles. The summed E-state index contributed by atoms with van der Waals surface area (Å²) < 4.78 is 0. The minimum absolute atomic E-state index is 0.0259. The van der Waals surface area contributed by atoms with Crippen molar-refractivity contribution >= 4 is 17.5 Å². The van der Waals surface area contributed by atoms with E-state index in [0.717, 1.165) is 11.3 Å². The molecule has 0 saturated carbocycles. The Hall–Kier alpha value is -1.84. The molecule has 1 aromatic rings. The molecule has 0 spiro atoms. The van der Waals surface area contributed by atoms with Gasteiger partial charge >= 0.3 is 0 Å². The monoisotopic (exact) mass is 246 g/mol. The zero-order chi connectivity index (χ0) is 13.3. The van der Waals surface area contributed by atoms with Crippen molar-refractivity contribution in [2.45, 2.75) is 13.3 Å². The van der Waals surface area contributed by atoms with Crippen LogP contribution in [0.15, 0.2) is 24.3 Å². The van der Waals surface area contributed by atoms with Gasteiger partial charge in [-0.05, 0) is 19.1 Å². The molecule has 0 unspecified atom stereocenters. The van der Waals surface area contributed by atoms with Crippen LogP contribution in [0.3, 0.4) is 0 Å². The smallest absolute Gasteiger partial charge is 0.227 e. The summed E-state index contributed by atoms with van der Waals surface area (Å²) >= 11 is 0. The Morgan fingerprint density at radius 3 is 2.44 bits per heavy atom. The van der Waals surface area contributed by atoms with Gasteiger partial charge in [-0.25, -0.2) is 0 Å². The highest BCUT2D eigenvalue weighted by molar-refractivity contribution is 6.00. The van der Waals surface area contributed by atoms with Crippen LogP contribution in [-0.2, 0) is 9.59 Å². The average molecular weight is 246 g/mol. The lowest BCUT2D eigenvalue weighted by molar-refractivity contribution is -0.133. The topological polar surface area (TPSA) is 40.6 Å². The quantitative estimate of drug-likeness (QED) is 0.792. The van der Waals surface area contributed by atoms with Crippen LogP contribution in [0, 0.1) is 12.8 Å². The zero-order valence-electron chi connectivity index (χ0n) is 11.0. The molecule has 2 amide bonds. The van der Waals surface area contributed by atoms with E-state index in [2.05, 4.69) is 0 Å². The van der Waals surface area contributed by atoms with E-state index in [1.54, 1.807) is 23.9 Å². The van der Waals surface area contributed by atoms with Crippen molar-refractivity contribution in [3.8, 4) is 0 Å². The van der Waals surface area contributed by atoms with Gasteiger partial charge in [0.15, 0.2) is 0 Å². The number of anilines is 1. The molecule has 1 fully saturated rings. The second kappa shape index (κ2) is 4.80. The molecule has 1 atom stereocenters. The van der Waals surface area contributed by atoms with E-state index in [1.165, 1.54) is 0 Å². The lowest BCUT2D eigenvalue weighted by Gasteiger charge is -2.18. The van der Waals surface area contributed by atoms with E-state index in [-0.39, 0.29) is 17.7 Å². The summed E-state index contributed by atoms with van der Waals surface area (Å²) in [6.45, 7) is 2.49. The first-order valence-electron chi connectivity index (χ1n) is 6.07. The Morgan fingerprint density at radius 1 is 1.28 bits per heavy atom. The Kier molecular flexibility index (Phi) is 3.36. The number of amides is 2. The molecule has 2 rings (SSSR count). The lowest BCUT2D eigenvalue weighted by Crippen LogP contribution is -2.32. The Bertz CT molecular complexity index is 465. The van der Waals surface area contributed by atoms with Gasteiger partial charge in [-0.2, -0.15) is 0 Å². The molecule has 1 aliphatic rings. The largest absolute Gasteiger partial charge is 0.349 e. The van der Waals surface area contributed by atoms with Gasteiger partial charge in [-0.3, -0.25) is 9.59 Å². The van der Waals surface area contributed by atoms with E-state index in [4.69, 9.17) is 0 Å². The summed E-state index contributed by atoms with van der Waals surface area (Å²) in [4.78, 5) is 27.1. The van der Waals surface area contributed by atoms with Crippen molar-refractivity contribution in [2.75, 3.05) is 25.5 Å². The molecule has 4 nitrogen and oxygen atoms in total. The summed E-state index contributed by atoms with van der Waals surface area (Å²) in [5.41, 5.74) is 2.03. The Labute approximate surface area is 107 Å². The molecule has 0 aliphatic carbocycles. The van der Waals surface area contributed by atoms with Crippen LogP contribution in [-0.4, -0.2) is 37.4 Å². The first-order valence-corrected chi connectivity index (χ1v) is 6.07. The van der Waals surface area contributed by atoms with Crippen molar-refractivity contribution < 1.29 is 9.59 Å². The van der Waals surface area contributed by atoms with Gasteiger partial charge in [-0.15, -0.1) is 0 Å². The molecule has 1 aliphatic heterocycles. The second-order valence-electron chi connectivity index (χ2n) is 4.97. The maximum Gasteiger partial charge on any atom is 0.227 e. The van der Waals surface area contributed by atoms with Crippen LogP contribution in [0.1, 0.15) is 12.0 Å². The van der Waals surface area contributed by atoms with Gasteiger partial charge in [0.05, 0.1) is 5.92 Å². The van der Waals surface area contributed by atoms with Gasteiger partial charge in [0.2, 0.25) is 11.8 Å². The normalized spacial score (nSPS) is 19.2. The molecular formula is C14H18N2O2. The lowest BCUT2D eigenvalue weighted by atomic mass is 10.1.